The number of aliphatic hydroxyl groups is 7. The second-order valence-corrected chi connectivity index (χ2v) is 16.1. The number of ether oxygens (including phenoxy) is 2. The van der Waals surface area contributed by atoms with Gasteiger partial charge in [-0.1, -0.05) is 133 Å². The number of nitrogens with one attached hydrogen (secondary N) is 1. The summed E-state index contributed by atoms with van der Waals surface area (Å²) in [6.07, 6.45) is 31.7. The number of carbonyl (C=O) groups excluding carboxylic acids is 1. The molecule has 0 saturated carbocycles. The highest BCUT2D eigenvalue weighted by molar-refractivity contribution is 5.80. The summed E-state index contributed by atoms with van der Waals surface area (Å²) >= 11 is 0. The van der Waals surface area contributed by atoms with Crippen LogP contribution in [-0.4, -0.2) is 110 Å². The van der Waals surface area contributed by atoms with Crippen molar-refractivity contribution in [2.75, 3.05) is 13.2 Å². The van der Waals surface area contributed by atoms with Gasteiger partial charge in [0.1, 0.15) is 36.6 Å². The molecular weight excluding hydrogens is 739 g/mol. The van der Waals surface area contributed by atoms with Crippen LogP contribution in [0.1, 0.15) is 174 Å². The Morgan fingerprint density at radius 2 is 1.03 bits per heavy atom. The second-order valence-electron chi connectivity index (χ2n) is 16.1. The van der Waals surface area contributed by atoms with Gasteiger partial charge in [0.05, 0.1) is 25.4 Å². The zero-order valence-electron chi connectivity index (χ0n) is 36.3. The van der Waals surface area contributed by atoms with E-state index < -0.39 is 74.2 Å². The Morgan fingerprint density at radius 3 is 1.57 bits per heavy atom. The molecule has 1 aliphatic rings. The maximum absolute atomic E-state index is 13.0. The first-order valence-electron chi connectivity index (χ1n) is 23.0. The quantitative estimate of drug-likeness (QED) is 0.0232. The van der Waals surface area contributed by atoms with E-state index >= 15 is 0 Å². The van der Waals surface area contributed by atoms with E-state index in [0.29, 0.717) is 19.3 Å². The highest BCUT2D eigenvalue weighted by Crippen LogP contribution is 2.23. The molecule has 0 aromatic heterocycles. The van der Waals surface area contributed by atoms with Gasteiger partial charge in [-0.05, 0) is 89.9 Å². The molecule has 1 fully saturated rings. The van der Waals surface area contributed by atoms with Crippen molar-refractivity contribution in [3.05, 3.63) is 48.6 Å². The van der Waals surface area contributed by atoms with Crippen molar-refractivity contribution in [3.8, 4) is 0 Å². The van der Waals surface area contributed by atoms with Crippen molar-refractivity contribution >= 4 is 5.91 Å². The predicted molar refractivity (Wildman–Crippen MR) is 233 cm³/mol. The number of rotatable bonds is 37. The number of allylic oxidation sites excluding steroid dienone is 8. The molecule has 0 aromatic carbocycles. The van der Waals surface area contributed by atoms with E-state index in [4.69, 9.17) is 9.47 Å². The summed E-state index contributed by atoms with van der Waals surface area (Å²) in [5, 5.41) is 75.5. The van der Waals surface area contributed by atoms with Gasteiger partial charge < -0.3 is 50.5 Å². The van der Waals surface area contributed by atoms with E-state index in [-0.39, 0.29) is 12.8 Å². The first kappa shape index (κ1) is 54.1. The lowest BCUT2D eigenvalue weighted by atomic mass is 9.98. The molecule has 1 rings (SSSR count). The Labute approximate surface area is 351 Å². The van der Waals surface area contributed by atoms with Gasteiger partial charge >= 0.3 is 0 Å². The molecule has 9 unspecified atom stereocenters. The molecule has 1 heterocycles. The average molecular weight is 824 g/mol. The van der Waals surface area contributed by atoms with E-state index in [1.807, 2.05) is 0 Å². The number of aliphatic hydroxyl groups excluding tert-OH is 7. The molecule has 8 N–H and O–H groups in total. The molecule has 0 spiro atoms. The summed E-state index contributed by atoms with van der Waals surface area (Å²) in [6, 6.07) is -1.20. The molecule has 11 nitrogen and oxygen atoms in total. The molecule has 1 saturated heterocycles. The third kappa shape index (κ3) is 26.3. The smallest absolute Gasteiger partial charge is 0.249 e. The Balaban J connectivity index is 2.50. The fraction of sp³-hybridized carbons (Fsp3) is 0.809. The van der Waals surface area contributed by atoms with Crippen molar-refractivity contribution in [2.24, 2.45) is 0 Å². The molecule has 1 amide bonds. The topological polar surface area (TPSA) is 189 Å². The van der Waals surface area contributed by atoms with E-state index in [0.717, 1.165) is 57.8 Å². The molecule has 11 heteroatoms. The van der Waals surface area contributed by atoms with Gasteiger partial charge in [-0.15, -0.1) is 0 Å². The summed E-state index contributed by atoms with van der Waals surface area (Å²) in [5.74, 6) is -0.726. The van der Waals surface area contributed by atoms with Gasteiger partial charge in [0.25, 0.3) is 0 Å². The van der Waals surface area contributed by atoms with E-state index in [9.17, 15) is 40.5 Å². The molecule has 9 atom stereocenters. The van der Waals surface area contributed by atoms with Gasteiger partial charge in [-0.3, -0.25) is 4.79 Å². The number of hydrogen-bond donors (Lipinski definition) is 8. The molecule has 1 aliphatic heterocycles. The Bertz CT molecular complexity index is 1080. The van der Waals surface area contributed by atoms with Gasteiger partial charge in [-0.2, -0.15) is 0 Å². The Morgan fingerprint density at radius 1 is 0.586 bits per heavy atom. The maximum atomic E-state index is 13.0. The lowest BCUT2D eigenvalue weighted by molar-refractivity contribution is -0.303. The standard InChI is InChI=1S/C47H85NO10/c1-3-5-7-9-11-13-15-16-17-18-19-20-21-22-23-25-26-28-30-32-34-39(50)42(52)38(37-57-47-45(55)44(54)43(53)41(36-49)58-47)48-46(56)40(51)35-33-31-29-27-24-14-12-10-8-6-4-2/h12,14,17-18,21-22,26,28,38-45,47,49-55H,3-11,13,15-16,19-20,23-25,27,29-37H2,1-2H3,(H,48,56)/b14-12-,18-17+,22-21+,28-26+. The summed E-state index contributed by atoms with van der Waals surface area (Å²) in [6.45, 7) is 3.35. The van der Waals surface area contributed by atoms with E-state index in [1.165, 1.54) is 70.6 Å². The summed E-state index contributed by atoms with van der Waals surface area (Å²) in [5.41, 5.74) is 0. The zero-order valence-corrected chi connectivity index (χ0v) is 36.3. The molecule has 0 aliphatic carbocycles. The molecule has 338 valence electrons. The van der Waals surface area contributed by atoms with Crippen LogP contribution in [0.2, 0.25) is 0 Å². The van der Waals surface area contributed by atoms with Crippen LogP contribution in [0, 0.1) is 0 Å². The summed E-state index contributed by atoms with van der Waals surface area (Å²) < 4.78 is 11.0. The highest BCUT2D eigenvalue weighted by atomic mass is 16.7. The van der Waals surface area contributed by atoms with Crippen LogP contribution in [0.4, 0.5) is 0 Å². The van der Waals surface area contributed by atoms with Crippen LogP contribution in [-0.2, 0) is 14.3 Å². The zero-order chi connectivity index (χ0) is 42.6. The molecule has 0 bridgehead atoms. The van der Waals surface area contributed by atoms with Gasteiger partial charge in [0, 0.05) is 0 Å². The number of carbonyl (C=O) groups is 1. The fourth-order valence-corrected chi connectivity index (χ4v) is 6.94. The minimum Gasteiger partial charge on any atom is -0.394 e. The first-order chi connectivity index (χ1) is 28.2. The van der Waals surface area contributed by atoms with Crippen LogP contribution in [0.25, 0.3) is 0 Å². The lowest BCUT2D eigenvalue weighted by Gasteiger charge is -2.40. The summed E-state index contributed by atoms with van der Waals surface area (Å²) in [4.78, 5) is 13.0. The van der Waals surface area contributed by atoms with Crippen LogP contribution in [0.3, 0.4) is 0 Å². The van der Waals surface area contributed by atoms with Gasteiger partial charge in [-0.25, -0.2) is 0 Å². The molecule has 58 heavy (non-hydrogen) atoms. The SMILES string of the molecule is CCCCC/C=C\CCCCCCC(O)C(=O)NC(COC1OC(CO)C(O)C(O)C1O)C(O)C(O)CCC/C=C/CC/C=C/CC/C=C/CCCCCCCCC. The second kappa shape index (κ2) is 36.9. The highest BCUT2D eigenvalue weighted by Gasteiger charge is 2.44. The third-order valence-electron chi connectivity index (χ3n) is 10.8. The van der Waals surface area contributed by atoms with Crippen molar-refractivity contribution in [3.63, 3.8) is 0 Å². The Hall–Kier alpha value is -1.93. The lowest BCUT2D eigenvalue weighted by Crippen LogP contribution is -2.60. The fourth-order valence-electron chi connectivity index (χ4n) is 6.94. The van der Waals surface area contributed by atoms with Crippen molar-refractivity contribution < 1.29 is 50.0 Å². The van der Waals surface area contributed by atoms with Crippen molar-refractivity contribution in [2.45, 2.75) is 229 Å². The Kier molecular flexibility index (Phi) is 34.4. The van der Waals surface area contributed by atoms with E-state index in [1.54, 1.807) is 0 Å². The number of amides is 1. The van der Waals surface area contributed by atoms with Gasteiger partial charge in [0.2, 0.25) is 5.91 Å². The predicted octanol–water partition coefficient (Wildman–Crippen LogP) is 7.39. The minimum absolute atomic E-state index is 0.233. The van der Waals surface area contributed by atoms with Crippen LogP contribution in [0.5, 0.6) is 0 Å². The van der Waals surface area contributed by atoms with Crippen LogP contribution in [0.15, 0.2) is 48.6 Å². The maximum Gasteiger partial charge on any atom is 0.249 e. The van der Waals surface area contributed by atoms with Crippen molar-refractivity contribution in [1.82, 2.24) is 5.32 Å². The number of unbranched alkanes of at least 4 members (excludes halogenated alkanes) is 17. The third-order valence-corrected chi connectivity index (χ3v) is 10.8. The molecule has 0 aromatic rings. The first-order valence-corrected chi connectivity index (χ1v) is 23.0. The van der Waals surface area contributed by atoms with Crippen molar-refractivity contribution in [1.29, 1.82) is 0 Å². The van der Waals surface area contributed by atoms with E-state index in [2.05, 4.69) is 67.8 Å². The minimum atomic E-state index is -1.67. The molecule has 0 radical (unpaired) electrons. The molecular formula is C47H85NO10. The monoisotopic (exact) mass is 824 g/mol. The average Bonchev–Trinajstić information content (AvgIpc) is 3.22. The largest absolute Gasteiger partial charge is 0.394 e. The number of hydrogen-bond acceptors (Lipinski definition) is 10. The summed E-state index contributed by atoms with van der Waals surface area (Å²) in [7, 11) is 0. The van der Waals surface area contributed by atoms with Crippen LogP contribution < -0.4 is 5.32 Å². The van der Waals surface area contributed by atoms with Crippen LogP contribution >= 0.6 is 0 Å². The normalized spacial score (nSPS) is 22.4. The van der Waals surface area contributed by atoms with Gasteiger partial charge in [0.15, 0.2) is 6.29 Å².